The molecule has 0 spiro atoms. The quantitative estimate of drug-likeness (QED) is 0.859. The van der Waals surface area contributed by atoms with Gasteiger partial charge in [0.1, 0.15) is 4.90 Å². The number of hydrogen-bond donors (Lipinski definition) is 0. The van der Waals surface area contributed by atoms with Crippen LogP contribution in [-0.4, -0.2) is 30.3 Å². The highest BCUT2D eigenvalue weighted by atomic mass is 35.5. The molecule has 0 atom stereocenters. The highest BCUT2D eigenvalue weighted by Crippen LogP contribution is 2.27. The summed E-state index contributed by atoms with van der Waals surface area (Å²) in [6.07, 6.45) is 8.11. The summed E-state index contributed by atoms with van der Waals surface area (Å²) in [6.45, 7) is 2.36. The summed E-state index contributed by atoms with van der Waals surface area (Å²) in [7, 11) is -3.49. The first kappa shape index (κ1) is 14.8. The molecule has 0 N–H and O–H groups in total. The van der Waals surface area contributed by atoms with Crippen LogP contribution in [0.25, 0.3) is 0 Å². The Kier molecular flexibility index (Phi) is 4.81. The van der Waals surface area contributed by atoms with Gasteiger partial charge in [0.05, 0.1) is 5.02 Å². The van der Waals surface area contributed by atoms with Crippen LogP contribution in [0.3, 0.4) is 0 Å². The average molecular weight is 303 g/mol. The fourth-order valence-corrected chi connectivity index (χ4v) is 4.58. The zero-order chi connectivity index (χ0) is 13.9. The monoisotopic (exact) mass is 302 g/mol. The lowest BCUT2D eigenvalue weighted by Gasteiger charge is -2.32. The van der Waals surface area contributed by atoms with Crippen LogP contribution in [0.1, 0.15) is 39.0 Å². The molecule has 1 heterocycles. The molecule has 1 aliphatic carbocycles. The van der Waals surface area contributed by atoms with Gasteiger partial charge in [0.15, 0.2) is 0 Å². The van der Waals surface area contributed by atoms with Crippen molar-refractivity contribution in [1.29, 1.82) is 0 Å². The highest BCUT2D eigenvalue weighted by molar-refractivity contribution is 7.89. The van der Waals surface area contributed by atoms with Crippen LogP contribution >= 0.6 is 11.6 Å². The molecule has 1 fully saturated rings. The van der Waals surface area contributed by atoms with E-state index in [1.165, 1.54) is 24.9 Å². The van der Waals surface area contributed by atoms with Crippen LogP contribution in [0.4, 0.5) is 0 Å². The van der Waals surface area contributed by atoms with E-state index in [4.69, 9.17) is 11.6 Å². The number of sulfonamides is 1. The van der Waals surface area contributed by atoms with Gasteiger partial charge in [-0.05, 0) is 18.9 Å². The molecule has 2 rings (SSSR count). The van der Waals surface area contributed by atoms with Gasteiger partial charge in [0.2, 0.25) is 10.0 Å². The molecular formula is C13H19ClN2O2S. The van der Waals surface area contributed by atoms with Gasteiger partial charge >= 0.3 is 0 Å². The molecular weight excluding hydrogens is 284 g/mol. The van der Waals surface area contributed by atoms with Gasteiger partial charge in [-0.1, -0.05) is 37.8 Å². The van der Waals surface area contributed by atoms with Gasteiger partial charge in [0.25, 0.3) is 0 Å². The number of halogens is 1. The largest absolute Gasteiger partial charge is 0.262 e. The van der Waals surface area contributed by atoms with Crippen molar-refractivity contribution in [1.82, 2.24) is 9.29 Å². The Hall–Kier alpha value is -0.650. The van der Waals surface area contributed by atoms with E-state index in [1.807, 2.05) is 6.92 Å². The van der Waals surface area contributed by atoms with Crippen molar-refractivity contribution in [3.8, 4) is 0 Å². The molecule has 106 valence electrons. The maximum absolute atomic E-state index is 12.6. The zero-order valence-corrected chi connectivity index (χ0v) is 12.6. The van der Waals surface area contributed by atoms with E-state index in [0.29, 0.717) is 11.6 Å². The van der Waals surface area contributed by atoms with Gasteiger partial charge < -0.3 is 0 Å². The van der Waals surface area contributed by atoms with Gasteiger partial charge in [-0.25, -0.2) is 8.42 Å². The standard InChI is InChI=1S/C13H19ClN2O2S/c1-2-16(12-6-4-3-5-7-12)19(17,18)13-8-11(14)9-15-10-13/h8-10,12H,2-7H2,1H3. The normalized spacial score (nSPS) is 17.8. The Morgan fingerprint density at radius 1 is 1.32 bits per heavy atom. The summed E-state index contributed by atoms with van der Waals surface area (Å²) in [6, 6.07) is 1.58. The molecule has 1 aromatic rings. The molecule has 1 aliphatic rings. The lowest BCUT2D eigenvalue weighted by molar-refractivity contribution is 0.261. The summed E-state index contributed by atoms with van der Waals surface area (Å²) >= 11 is 5.84. The predicted molar refractivity (Wildman–Crippen MR) is 75.7 cm³/mol. The second-order valence-electron chi connectivity index (χ2n) is 4.84. The Morgan fingerprint density at radius 2 is 2.00 bits per heavy atom. The first-order valence-electron chi connectivity index (χ1n) is 6.68. The van der Waals surface area contributed by atoms with Crippen molar-refractivity contribution in [3.63, 3.8) is 0 Å². The summed E-state index contributed by atoms with van der Waals surface area (Å²) in [5.74, 6) is 0. The van der Waals surface area contributed by atoms with Crippen molar-refractivity contribution in [2.45, 2.75) is 50.0 Å². The maximum Gasteiger partial charge on any atom is 0.244 e. The summed E-state index contributed by atoms with van der Waals surface area (Å²) < 4.78 is 26.9. The molecule has 6 heteroatoms. The third-order valence-corrected chi connectivity index (χ3v) is 5.78. The first-order valence-corrected chi connectivity index (χ1v) is 8.50. The Bertz CT molecular complexity index is 527. The molecule has 0 aliphatic heterocycles. The Labute approximate surface area is 119 Å². The molecule has 0 amide bonds. The summed E-state index contributed by atoms with van der Waals surface area (Å²) in [4.78, 5) is 4.06. The third-order valence-electron chi connectivity index (χ3n) is 3.58. The minimum atomic E-state index is -3.49. The molecule has 4 nitrogen and oxygen atoms in total. The second kappa shape index (κ2) is 6.20. The van der Waals surface area contributed by atoms with E-state index in [1.54, 1.807) is 4.31 Å². The predicted octanol–water partition coefficient (Wildman–Crippen LogP) is 3.08. The number of hydrogen-bond acceptors (Lipinski definition) is 3. The summed E-state index contributed by atoms with van der Waals surface area (Å²) in [5.41, 5.74) is 0. The SMILES string of the molecule is CCN(C1CCCCC1)S(=O)(=O)c1cncc(Cl)c1. The first-order chi connectivity index (χ1) is 9.05. The highest BCUT2D eigenvalue weighted by Gasteiger charge is 2.31. The van der Waals surface area contributed by atoms with Crippen molar-refractivity contribution in [2.75, 3.05) is 6.54 Å². The molecule has 0 aromatic carbocycles. The van der Waals surface area contributed by atoms with Gasteiger partial charge in [-0.3, -0.25) is 4.98 Å². The molecule has 0 bridgehead atoms. The minimum Gasteiger partial charge on any atom is -0.262 e. The van der Waals surface area contributed by atoms with Crippen LogP contribution in [0, 0.1) is 0 Å². The molecule has 0 radical (unpaired) electrons. The van der Waals surface area contributed by atoms with Crippen molar-refractivity contribution >= 4 is 21.6 Å². The van der Waals surface area contributed by atoms with Gasteiger partial charge in [0, 0.05) is 25.0 Å². The fourth-order valence-electron chi connectivity index (χ4n) is 2.66. The third kappa shape index (κ3) is 3.27. The lowest BCUT2D eigenvalue weighted by Crippen LogP contribution is -2.41. The van der Waals surface area contributed by atoms with Crippen molar-refractivity contribution in [3.05, 3.63) is 23.5 Å². The van der Waals surface area contributed by atoms with Crippen molar-refractivity contribution < 1.29 is 8.42 Å². The molecule has 1 aromatic heterocycles. The number of rotatable bonds is 4. The number of pyridine rings is 1. The van der Waals surface area contributed by atoms with Crippen LogP contribution < -0.4 is 0 Å². The average Bonchev–Trinajstić information content (AvgIpc) is 2.40. The maximum atomic E-state index is 12.6. The van der Waals surface area contributed by atoms with E-state index in [-0.39, 0.29) is 10.9 Å². The fraction of sp³-hybridized carbons (Fsp3) is 0.615. The van der Waals surface area contributed by atoms with Crippen LogP contribution in [-0.2, 0) is 10.0 Å². The second-order valence-corrected chi connectivity index (χ2v) is 7.17. The molecule has 1 saturated carbocycles. The van der Waals surface area contributed by atoms with Crippen LogP contribution in [0.15, 0.2) is 23.4 Å². The Balaban J connectivity index is 2.30. The molecule has 0 saturated heterocycles. The van der Waals surface area contributed by atoms with Crippen molar-refractivity contribution in [2.24, 2.45) is 0 Å². The summed E-state index contributed by atoms with van der Waals surface area (Å²) in [5, 5.41) is 0.348. The van der Waals surface area contributed by atoms with Gasteiger partial charge in [-0.15, -0.1) is 0 Å². The number of aromatic nitrogens is 1. The van der Waals surface area contributed by atoms with E-state index in [2.05, 4.69) is 4.98 Å². The van der Waals surface area contributed by atoms with E-state index >= 15 is 0 Å². The number of nitrogens with zero attached hydrogens (tertiary/aromatic N) is 2. The van der Waals surface area contributed by atoms with E-state index in [0.717, 1.165) is 25.7 Å². The Morgan fingerprint density at radius 3 is 2.58 bits per heavy atom. The topological polar surface area (TPSA) is 50.3 Å². The van der Waals surface area contributed by atoms with E-state index < -0.39 is 10.0 Å². The molecule has 19 heavy (non-hydrogen) atoms. The minimum absolute atomic E-state index is 0.114. The lowest BCUT2D eigenvalue weighted by atomic mass is 9.95. The van der Waals surface area contributed by atoms with Crippen LogP contribution in [0.2, 0.25) is 5.02 Å². The van der Waals surface area contributed by atoms with E-state index in [9.17, 15) is 8.42 Å². The van der Waals surface area contributed by atoms with Crippen LogP contribution in [0.5, 0.6) is 0 Å². The smallest absolute Gasteiger partial charge is 0.244 e. The van der Waals surface area contributed by atoms with Gasteiger partial charge in [-0.2, -0.15) is 4.31 Å². The zero-order valence-electron chi connectivity index (χ0n) is 11.0. The molecule has 0 unspecified atom stereocenters.